The lowest BCUT2D eigenvalue weighted by Gasteiger charge is -2.19. The van der Waals surface area contributed by atoms with Gasteiger partial charge in [-0.2, -0.15) is 0 Å². The van der Waals surface area contributed by atoms with Gasteiger partial charge in [0.15, 0.2) is 0 Å². The fourth-order valence-corrected chi connectivity index (χ4v) is 4.26. The Morgan fingerprint density at radius 2 is 1.82 bits per heavy atom. The monoisotopic (exact) mass is 443 g/mol. The highest BCUT2D eigenvalue weighted by Gasteiger charge is 2.28. The summed E-state index contributed by atoms with van der Waals surface area (Å²) < 4.78 is 5.56. The first-order valence-electron chi connectivity index (χ1n) is 11.2. The Morgan fingerprint density at radius 3 is 2.58 bits per heavy atom. The maximum atomic E-state index is 13.4. The summed E-state index contributed by atoms with van der Waals surface area (Å²) in [6, 6.07) is 22.1. The lowest BCUT2D eigenvalue weighted by Crippen LogP contribution is -2.30. The Kier molecular flexibility index (Phi) is 7.05. The van der Waals surface area contributed by atoms with Crippen LogP contribution in [0, 0.1) is 0 Å². The first-order chi connectivity index (χ1) is 16.1. The van der Waals surface area contributed by atoms with E-state index in [1.807, 2.05) is 53.4 Å². The molecule has 1 aliphatic heterocycles. The van der Waals surface area contributed by atoms with Crippen LogP contribution in [0.15, 0.2) is 66.7 Å². The van der Waals surface area contributed by atoms with Crippen LogP contribution in [-0.2, 0) is 17.8 Å². The number of nitrogens with one attached hydrogen (secondary N) is 2. The minimum atomic E-state index is -0.0448. The van der Waals surface area contributed by atoms with Crippen LogP contribution in [0.25, 0.3) is 11.1 Å². The molecule has 0 radical (unpaired) electrons. The molecule has 4 rings (SSSR count). The van der Waals surface area contributed by atoms with Gasteiger partial charge in [0.05, 0.1) is 7.11 Å². The predicted molar refractivity (Wildman–Crippen MR) is 131 cm³/mol. The van der Waals surface area contributed by atoms with E-state index in [-0.39, 0.29) is 11.8 Å². The van der Waals surface area contributed by atoms with Crippen molar-refractivity contribution in [2.75, 3.05) is 31.6 Å². The average molecular weight is 444 g/mol. The Labute approximate surface area is 194 Å². The summed E-state index contributed by atoms with van der Waals surface area (Å²) in [6.07, 6.45) is 0.833. The van der Waals surface area contributed by atoms with Gasteiger partial charge in [0.2, 0.25) is 5.91 Å². The van der Waals surface area contributed by atoms with E-state index >= 15 is 0 Å². The van der Waals surface area contributed by atoms with Gasteiger partial charge < -0.3 is 20.3 Å². The first-order valence-corrected chi connectivity index (χ1v) is 11.2. The third-order valence-electron chi connectivity index (χ3n) is 5.88. The van der Waals surface area contributed by atoms with E-state index in [0.29, 0.717) is 37.5 Å². The SMILES string of the molecule is COc1cc(C(=O)N2CCc3c(-c4ccccc4)cccc32)ccc1CNCCNC(C)=O. The molecule has 3 aromatic carbocycles. The van der Waals surface area contributed by atoms with Crippen molar-refractivity contribution in [1.82, 2.24) is 10.6 Å². The van der Waals surface area contributed by atoms with Gasteiger partial charge in [0.1, 0.15) is 5.75 Å². The number of rotatable bonds is 8. The van der Waals surface area contributed by atoms with E-state index in [2.05, 4.69) is 28.8 Å². The summed E-state index contributed by atoms with van der Waals surface area (Å²) in [5.41, 5.74) is 6.10. The van der Waals surface area contributed by atoms with Gasteiger partial charge in [0, 0.05) is 49.9 Å². The number of amides is 2. The summed E-state index contributed by atoms with van der Waals surface area (Å²) in [4.78, 5) is 26.2. The molecular weight excluding hydrogens is 414 g/mol. The standard InChI is InChI=1S/C27H29N3O3/c1-19(31)29-15-14-28-18-22-12-11-21(17-26(22)33-2)27(32)30-16-13-24-23(9-6-10-25(24)30)20-7-4-3-5-8-20/h3-12,17,28H,13-16,18H2,1-2H3,(H,29,31). The van der Waals surface area contributed by atoms with E-state index in [1.165, 1.54) is 23.6 Å². The van der Waals surface area contributed by atoms with E-state index in [9.17, 15) is 9.59 Å². The van der Waals surface area contributed by atoms with Crippen LogP contribution in [0.5, 0.6) is 5.75 Å². The number of hydrogen-bond donors (Lipinski definition) is 2. The molecule has 2 N–H and O–H groups in total. The minimum Gasteiger partial charge on any atom is -0.496 e. The maximum absolute atomic E-state index is 13.4. The highest BCUT2D eigenvalue weighted by atomic mass is 16.5. The zero-order valence-electron chi connectivity index (χ0n) is 19.1. The molecule has 170 valence electrons. The molecule has 0 spiro atoms. The summed E-state index contributed by atoms with van der Waals surface area (Å²) in [5, 5.41) is 6.04. The normalized spacial score (nSPS) is 12.4. The highest BCUT2D eigenvalue weighted by Crippen LogP contribution is 2.37. The number of fused-ring (bicyclic) bond motifs is 1. The zero-order chi connectivity index (χ0) is 23.2. The second-order valence-electron chi connectivity index (χ2n) is 8.06. The van der Waals surface area contributed by atoms with Gasteiger partial charge in [-0.1, -0.05) is 48.5 Å². The average Bonchev–Trinajstić information content (AvgIpc) is 3.28. The topological polar surface area (TPSA) is 70.7 Å². The van der Waals surface area contributed by atoms with E-state index in [0.717, 1.165) is 17.7 Å². The highest BCUT2D eigenvalue weighted by molar-refractivity contribution is 6.08. The Bertz CT molecular complexity index is 1140. The van der Waals surface area contributed by atoms with Gasteiger partial charge in [-0.15, -0.1) is 0 Å². The summed E-state index contributed by atoms with van der Waals surface area (Å²) in [7, 11) is 1.61. The molecule has 0 bridgehead atoms. The molecule has 6 heteroatoms. The molecule has 0 fully saturated rings. The fraction of sp³-hybridized carbons (Fsp3) is 0.259. The van der Waals surface area contributed by atoms with E-state index < -0.39 is 0 Å². The Balaban J connectivity index is 1.50. The minimum absolute atomic E-state index is 0.0255. The molecule has 33 heavy (non-hydrogen) atoms. The molecule has 1 aliphatic rings. The predicted octanol–water partition coefficient (Wildman–Crippen LogP) is 3.79. The molecule has 0 aromatic heterocycles. The zero-order valence-corrected chi connectivity index (χ0v) is 19.1. The summed E-state index contributed by atoms with van der Waals surface area (Å²) in [6.45, 7) is 3.96. The smallest absolute Gasteiger partial charge is 0.258 e. The van der Waals surface area contributed by atoms with Crippen LogP contribution in [0.3, 0.4) is 0 Å². The Hall–Kier alpha value is -3.64. The van der Waals surface area contributed by atoms with Crippen molar-refractivity contribution in [2.24, 2.45) is 0 Å². The number of carbonyl (C=O) groups is 2. The van der Waals surface area contributed by atoms with Crippen LogP contribution in [0.1, 0.15) is 28.4 Å². The molecule has 6 nitrogen and oxygen atoms in total. The maximum Gasteiger partial charge on any atom is 0.258 e. The molecule has 1 heterocycles. The number of nitrogens with zero attached hydrogens (tertiary/aromatic N) is 1. The van der Waals surface area contributed by atoms with Crippen molar-refractivity contribution in [2.45, 2.75) is 19.9 Å². The second kappa shape index (κ2) is 10.3. The van der Waals surface area contributed by atoms with Crippen LogP contribution >= 0.6 is 0 Å². The van der Waals surface area contributed by atoms with Gasteiger partial charge in [-0.3, -0.25) is 9.59 Å². The molecular formula is C27H29N3O3. The van der Waals surface area contributed by atoms with Crippen molar-refractivity contribution >= 4 is 17.5 Å². The molecule has 0 atom stereocenters. The van der Waals surface area contributed by atoms with E-state index in [4.69, 9.17) is 4.74 Å². The number of hydrogen-bond acceptors (Lipinski definition) is 4. The van der Waals surface area contributed by atoms with Crippen molar-refractivity contribution in [3.05, 3.63) is 83.4 Å². The lowest BCUT2D eigenvalue weighted by molar-refractivity contribution is -0.118. The lowest BCUT2D eigenvalue weighted by atomic mass is 9.98. The van der Waals surface area contributed by atoms with E-state index in [1.54, 1.807) is 7.11 Å². The molecule has 0 aliphatic carbocycles. The van der Waals surface area contributed by atoms with Crippen molar-refractivity contribution in [3.8, 4) is 16.9 Å². The fourth-order valence-electron chi connectivity index (χ4n) is 4.26. The van der Waals surface area contributed by atoms with Crippen LogP contribution in [0.2, 0.25) is 0 Å². The second-order valence-corrected chi connectivity index (χ2v) is 8.06. The number of ether oxygens (including phenoxy) is 1. The molecule has 0 saturated carbocycles. The molecule has 3 aromatic rings. The molecule has 0 unspecified atom stereocenters. The van der Waals surface area contributed by atoms with Gasteiger partial charge >= 0.3 is 0 Å². The van der Waals surface area contributed by atoms with Crippen LogP contribution in [-0.4, -0.2) is 38.6 Å². The summed E-state index contributed by atoms with van der Waals surface area (Å²) >= 11 is 0. The number of benzene rings is 3. The molecule has 2 amide bonds. The third-order valence-corrected chi connectivity index (χ3v) is 5.88. The number of anilines is 1. The first kappa shape index (κ1) is 22.6. The van der Waals surface area contributed by atoms with Crippen molar-refractivity contribution in [3.63, 3.8) is 0 Å². The largest absolute Gasteiger partial charge is 0.496 e. The molecule has 0 saturated heterocycles. The van der Waals surface area contributed by atoms with Crippen LogP contribution < -0.4 is 20.3 Å². The van der Waals surface area contributed by atoms with Gasteiger partial charge in [-0.05, 0) is 41.3 Å². The summed E-state index contributed by atoms with van der Waals surface area (Å²) in [5.74, 6) is 0.601. The van der Waals surface area contributed by atoms with Crippen molar-refractivity contribution < 1.29 is 14.3 Å². The van der Waals surface area contributed by atoms with Crippen LogP contribution in [0.4, 0.5) is 5.69 Å². The Morgan fingerprint density at radius 1 is 1.00 bits per heavy atom. The number of methoxy groups -OCH3 is 1. The number of carbonyl (C=O) groups excluding carboxylic acids is 2. The third kappa shape index (κ3) is 5.07. The van der Waals surface area contributed by atoms with Gasteiger partial charge in [0.25, 0.3) is 5.91 Å². The quantitative estimate of drug-likeness (QED) is 0.520. The van der Waals surface area contributed by atoms with Gasteiger partial charge in [-0.25, -0.2) is 0 Å². The van der Waals surface area contributed by atoms with Crippen molar-refractivity contribution in [1.29, 1.82) is 0 Å².